The van der Waals surface area contributed by atoms with Crippen molar-refractivity contribution in [2.75, 3.05) is 37.6 Å². The van der Waals surface area contributed by atoms with Crippen LogP contribution >= 0.6 is 0 Å². The number of nitriles is 1. The Morgan fingerprint density at radius 1 is 1.20 bits per heavy atom. The highest BCUT2D eigenvalue weighted by molar-refractivity contribution is 5.94. The number of nitrogens with one attached hydrogen (secondary N) is 1. The predicted molar refractivity (Wildman–Crippen MR) is 111 cm³/mol. The molecule has 4 heterocycles. The molecular weight excluding hydrogens is 380 g/mol. The normalized spacial score (nSPS) is 21.3. The van der Waals surface area contributed by atoms with Crippen molar-refractivity contribution in [3.63, 3.8) is 0 Å². The molecule has 0 spiro atoms. The van der Waals surface area contributed by atoms with E-state index in [1.54, 1.807) is 24.5 Å². The summed E-state index contributed by atoms with van der Waals surface area (Å²) < 4.78 is 0. The number of carbonyl (C=O) groups excluding carboxylic acids is 2. The van der Waals surface area contributed by atoms with E-state index in [9.17, 15) is 9.59 Å². The van der Waals surface area contributed by atoms with Crippen LogP contribution in [0.4, 0.5) is 5.82 Å². The van der Waals surface area contributed by atoms with E-state index in [-0.39, 0.29) is 23.7 Å². The minimum Gasteiger partial charge on any atom is -0.355 e. The highest BCUT2D eigenvalue weighted by Crippen LogP contribution is 2.27. The van der Waals surface area contributed by atoms with Crippen LogP contribution in [0.25, 0.3) is 0 Å². The number of carbonyl (C=O) groups is 2. The fourth-order valence-electron chi connectivity index (χ4n) is 4.15. The van der Waals surface area contributed by atoms with Gasteiger partial charge in [-0.2, -0.15) is 5.26 Å². The molecule has 1 unspecified atom stereocenters. The molecule has 8 heteroatoms. The highest BCUT2D eigenvalue weighted by Gasteiger charge is 2.34. The summed E-state index contributed by atoms with van der Waals surface area (Å²) >= 11 is 0. The van der Waals surface area contributed by atoms with Crippen molar-refractivity contribution in [1.82, 2.24) is 20.2 Å². The molecule has 1 N–H and O–H groups in total. The minimum absolute atomic E-state index is 0.00287. The molecule has 8 nitrogen and oxygen atoms in total. The Labute approximate surface area is 175 Å². The second kappa shape index (κ2) is 8.11. The van der Waals surface area contributed by atoms with Crippen LogP contribution in [0.2, 0.25) is 0 Å². The lowest BCUT2D eigenvalue weighted by atomic mass is 9.93. The van der Waals surface area contributed by atoms with Crippen molar-refractivity contribution in [3.8, 4) is 6.07 Å². The molecule has 0 saturated carbocycles. The second-order valence-electron chi connectivity index (χ2n) is 7.93. The Balaban J connectivity index is 1.40. The minimum atomic E-state index is -0.249. The maximum atomic E-state index is 12.9. The third-order valence-corrected chi connectivity index (χ3v) is 5.85. The second-order valence-corrected chi connectivity index (χ2v) is 7.93. The summed E-state index contributed by atoms with van der Waals surface area (Å²) in [7, 11) is 0. The lowest BCUT2D eigenvalue weighted by Gasteiger charge is -2.36. The van der Waals surface area contributed by atoms with Gasteiger partial charge in [0.25, 0.3) is 5.91 Å². The van der Waals surface area contributed by atoms with Gasteiger partial charge in [0, 0.05) is 45.1 Å². The summed E-state index contributed by atoms with van der Waals surface area (Å²) in [6, 6.07) is 7.49. The van der Waals surface area contributed by atoms with Gasteiger partial charge in [-0.3, -0.25) is 14.6 Å². The van der Waals surface area contributed by atoms with Crippen LogP contribution < -0.4 is 10.2 Å². The Kier molecular flexibility index (Phi) is 5.36. The maximum absolute atomic E-state index is 12.9. The van der Waals surface area contributed by atoms with Crippen LogP contribution in [0.3, 0.4) is 0 Å². The van der Waals surface area contributed by atoms with Gasteiger partial charge in [0.1, 0.15) is 11.9 Å². The van der Waals surface area contributed by atoms with Gasteiger partial charge in [-0.25, -0.2) is 4.98 Å². The molecule has 0 bridgehead atoms. The molecule has 30 heavy (non-hydrogen) atoms. The smallest absolute Gasteiger partial charge is 0.255 e. The molecule has 2 amide bonds. The first-order valence-corrected chi connectivity index (χ1v) is 10.1. The average Bonchev–Trinajstić information content (AvgIpc) is 3.11. The zero-order valence-electron chi connectivity index (χ0n) is 17.1. The molecule has 4 rings (SSSR count). The third-order valence-electron chi connectivity index (χ3n) is 5.85. The van der Waals surface area contributed by atoms with Crippen molar-refractivity contribution in [3.05, 3.63) is 53.0 Å². The zero-order chi connectivity index (χ0) is 21.3. The first-order valence-electron chi connectivity index (χ1n) is 10.1. The van der Waals surface area contributed by atoms with Gasteiger partial charge >= 0.3 is 0 Å². The van der Waals surface area contributed by atoms with Crippen LogP contribution in [0.5, 0.6) is 0 Å². The molecular formula is C22H24N6O2. The van der Waals surface area contributed by atoms with Gasteiger partial charge < -0.3 is 15.1 Å². The maximum Gasteiger partial charge on any atom is 0.255 e. The molecule has 0 aromatic carbocycles. The largest absolute Gasteiger partial charge is 0.355 e. The Morgan fingerprint density at radius 2 is 1.97 bits per heavy atom. The molecule has 2 aromatic heterocycles. The fourth-order valence-corrected chi connectivity index (χ4v) is 4.15. The topological polar surface area (TPSA) is 102 Å². The summed E-state index contributed by atoms with van der Waals surface area (Å²) in [5, 5.41) is 11.9. The van der Waals surface area contributed by atoms with Gasteiger partial charge in [0.05, 0.1) is 22.7 Å². The van der Waals surface area contributed by atoms with Gasteiger partial charge in [-0.15, -0.1) is 0 Å². The number of nitrogens with zero attached hydrogens (tertiary/aromatic N) is 5. The molecule has 2 aliphatic heterocycles. The summed E-state index contributed by atoms with van der Waals surface area (Å²) in [4.78, 5) is 37.7. The van der Waals surface area contributed by atoms with Crippen LogP contribution in [0.1, 0.15) is 40.0 Å². The van der Waals surface area contributed by atoms with Crippen molar-refractivity contribution < 1.29 is 9.59 Å². The van der Waals surface area contributed by atoms with Crippen LogP contribution in [0.15, 0.2) is 30.6 Å². The van der Waals surface area contributed by atoms with Crippen LogP contribution in [-0.4, -0.2) is 59.4 Å². The molecule has 2 fully saturated rings. The van der Waals surface area contributed by atoms with Crippen LogP contribution in [-0.2, 0) is 4.79 Å². The first kappa shape index (κ1) is 19.8. The van der Waals surface area contributed by atoms with E-state index in [2.05, 4.69) is 26.3 Å². The summed E-state index contributed by atoms with van der Waals surface area (Å²) in [6.45, 7) is 7.15. The van der Waals surface area contributed by atoms with Crippen molar-refractivity contribution >= 4 is 17.6 Å². The number of hydrogen-bond donors (Lipinski definition) is 1. The average molecular weight is 404 g/mol. The van der Waals surface area contributed by atoms with Gasteiger partial charge in [-0.05, 0) is 36.6 Å². The zero-order valence-corrected chi connectivity index (χ0v) is 17.1. The quantitative estimate of drug-likeness (QED) is 0.831. The molecule has 154 valence electrons. The SMILES string of the molecule is Cc1cc(C#N)cnc1N1CCN(C(=O)c2ccc([C@@H]3C(=O)NCC3C)nc2)CC1. The van der Waals surface area contributed by atoms with E-state index in [0.717, 1.165) is 11.4 Å². The van der Waals surface area contributed by atoms with E-state index in [1.165, 1.54) is 0 Å². The van der Waals surface area contributed by atoms with Gasteiger partial charge in [0.15, 0.2) is 0 Å². The summed E-state index contributed by atoms with van der Waals surface area (Å²) in [5.41, 5.74) is 2.75. The van der Waals surface area contributed by atoms with Crippen LogP contribution in [0, 0.1) is 24.2 Å². The highest BCUT2D eigenvalue weighted by atomic mass is 16.2. The number of pyridine rings is 2. The van der Waals surface area contributed by atoms with E-state index in [0.29, 0.717) is 49.5 Å². The van der Waals surface area contributed by atoms with E-state index < -0.39 is 0 Å². The summed E-state index contributed by atoms with van der Waals surface area (Å²) in [5.74, 6) is 0.745. The molecule has 2 aromatic rings. The Morgan fingerprint density at radius 3 is 2.53 bits per heavy atom. The lowest BCUT2D eigenvalue weighted by molar-refractivity contribution is -0.120. The number of anilines is 1. The standard InChI is InChI=1S/C22H24N6O2/c1-14-9-16(10-23)12-25-20(14)27-5-7-28(8-6-27)22(30)17-3-4-18(24-13-17)19-15(2)11-26-21(19)29/h3-4,9,12-13,15,19H,5-8,11H2,1-2H3,(H,26,29)/t15?,19-/m1/s1. The molecule has 0 radical (unpaired) electrons. The number of aromatic nitrogens is 2. The van der Waals surface area contributed by atoms with Crippen molar-refractivity contribution in [2.45, 2.75) is 19.8 Å². The number of hydrogen-bond acceptors (Lipinski definition) is 6. The number of aryl methyl sites for hydroxylation is 1. The monoisotopic (exact) mass is 404 g/mol. The molecule has 0 aliphatic carbocycles. The first-order chi connectivity index (χ1) is 14.5. The fraction of sp³-hybridized carbons (Fsp3) is 0.409. The predicted octanol–water partition coefficient (Wildman–Crippen LogP) is 1.47. The Bertz CT molecular complexity index is 1010. The number of rotatable bonds is 3. The lowest BCUT2D eigenvalue weighted by Crippen LogP contribution is -2.49. The van der Waals surface area contributed by atoms with Gasteiger partial charge in [-0.1, -0.05) is 6.92 Å². The number of piperazine rings is 1. The van der Waals surface area contributed by atoms with E-state index >= 15 is 0 Å². The summed E-state index contributed by atoms with van der Waals surface area (Å²) in [6.07, 6.45) is 3.16. The van der Waals surface area contributed by atoms with Crippen molar-refractivity contribution in [1.29, 1.82) is 5.26 Å². The van der Waals surface area contributed by atoms with Crippen molar-refractivity contribution in [2.24, 2.45) is 5.92 Å². The van der Waals surface area contributed by atoms with E-state index in [4.69, 9.17) is 5.26 Å². The molecule has 2 atom stereocenters. The third kappa shape index (κ3) is 3.71. The number of amides is 2. The van der Waals surface area contributed by atoms with Gasteiger partial charge in [0.2, 0.25) is 5.91 Å². The van der Waals surface area contributed by atoms with E-state index in [1.807, 2.05) is 24.8 Å². The molecule has 2 saturated heterocycles. The Hall–Kier alpha value is -3.47. The molecule has 2 aliphatic rings.